The average molecular weight is 498 g/mol. The zero-order chi connectivity index (χ0) is 26.5. The van der Waals surface area contributed by atoms with Crippen LogP contribution in [-0.2, 0) is 11.9 Å². The van der Waals surface area contributed by atoms with Crippen LogP contribution in [0.2, 0.25) is 0 Å². The Morgan fingerprint density at radius 3 is 2.44 bits per heavy atom. The maximum atomic E-state index is 12.2. The van der Waals surface area contributed by atoms with Crippen LogP contribution in [-0.4, -0.2) is 35.5 Å². The molecule has 0 radical (unpaired) electrons. The Morgan fingerprint density at radius 2 is 1.83 bits per heavy atom. The lowest BCUT2D eigenvalue weighted by molar-refractivity contribution is -0.127. The number of oxime groups is 1. The number of fused-ring (bicyclic) bond motifs is 1. The van der Waals surface area contributed by atoms with Gasteiger partial charge in [-0.1, -0.05) is 68.6 Å². The number of benzene rings is 1. The van der Waals surface area contributed by atoms with E-state index < -0.39 is 6.61 Å². The molecule has 1 fully saturated rings. The van der Waals surface area contributed by atoms with Crippen molar-refractivity contribution in [1.29, 1.82) is 5.26 Å². The van der Waals surface area contributed by atoms with Crippen LogP contribution in [0.15, 0.2) is 58.5 Å². The van der Waals surface area contributed by atoms with Crippen LogP contribution in [0.5, 0.6) is 0 Å². The standard InChI is InChI=1S/C17H20N4O.C8H7F2NO.C2H6/c1-20(13-6-4-3-5-7-13)15-10-16(22)21(2)14-9-8-12(11-18)19-17(14)15;9-8(10)12-11-6-7-4-2-1-3-5-7;1-2/h8-10,13H,3-7H2,1-2H3;1-6,8H;1-2H3/b;11-6-;. The highest BCUT2D eigenvalue weighted by Gasteiger charge is 2.21. The van der Waals surface area contributed by atoms with E-state index in [2.05, 4.69) is 25.9 Å². The van der Waals surface area contributed by atoms with E-state index >= 15 is 0 Å². The highest BCUT2D eigenvalue weighted by Crippen LogP contribution is 2.29. The number of nitriles is 1. The maximum Gasteiger partial charge on any atom is 0.407 e. The second-order valence-corrected chi connectivity index (χ2v) is 8.02. The van der Waals surface area contributed by atoms with Gasteiger partial charge in [-0.3, -0.25) is 4.79 Å². The van der Waals surface area contributed by atoms with Crippen molar-refractivity contribution in [3.63, 3.8) is 0 Å². The predicted octanol–water partition coefficient (Wildman–Crippen LogP) is 5.86. The van der Waals surface area contributed by atoms with Crippen molar-refractivity contribution in [3.05, 3.63) is 70.1 Å². The number of nitrogens with zero attached hydrogens (tertiary/aromatic N) is 5. The molecule has 0 aliphatic heterocycles. The summed E-state index contributed by atoms with van der Waals surface area (Å²) in [5.74, 6) is 0. The van der Waals surface area contributed by atoms with Crippen LogP contribution < -0.4 is 10.5 Å². The lowest BCUT2D eigenvalue weighted by atomic mass is 9.94. The van der Waals surface area contributed by atoms with Crippen molar-refractivity contribution in [2.75, 3.05) is 11.9 Å². The van der Waals surface area contributed by atoms with E-state index in [0.717, 1.165) is 35.1 Å². The Labute approximate surface area is 210 Å². The van der Waals surface area contributed by atoms with Gasteiger partial charge in [0, 0.05) is 26.2 Å². The first-order valence-electron chi connectivity index (χ1n) is 12.1. The van der Waals surface area contributed by atoms with Crippen LogP contribution in [0.25, 0.3) is 11.0 Å². The fourth-order valence-electron chi connectivity index (χ4n) is 3.98. The molecule has 7 nitrogen and oxygen atoms in total. The lowest BCUT2D eigenvalue weighted by Gasteiger charge is -2.33. The molecule has 1 saturated carbocycles. The highest BCUT2D eigenvalue weighted by molar-refractivity contribution is 5.88. The zero-order valence-electron chi connectivity index (χ0n) is 21.2. The normalized spacial score (nSPS) is 13.4. The molecule has 36 heavy (non-hydrogen) atoms. The summed E-state index contributed by atoms with van der Waals surface area (Å²) >= 11 is 0. The van der Waals surface area contributed by atoms with Gasteiger partial charge in [0.05, 0.1) is 17.4 Å². The van der Waals surface area contributed by atoms with E-state index in [1.807, 2.05) is 27.0 Å². The fourth-order valence-corrected chi connectivity index (χ4v) is 3.98. The number of aromatic nitrogens is 2. The minimum Gasteiger partial charge on any atom is -0.370 e. The Balaban J connectivity index is 0.000000277. The predicted molar refractivity (Wildman–Crippen MR) is 139 cm³/mol. The van der Waals surface area contributed by atoms with Crippen molar-refractivity contribution < 1.29 is 13.6 Å². The largest absolute Gasteiger partial charge is 0.407 e. The van der Waals surface area contributed by atoms with Crippen LogP contribution >= 0.6 is 0 Å². The van der Waals surface area contributed by atoms with Gasteiger partial charge in [-0.25, -0.2) is 4.98 Å². The molecule has 0 spiro atoms. The first-order chi connectivity index (χ1) is 17.4. The number of pyridine rings is 2. The Bertz CT molecular complexity index is 1220. The van der Waals surface area contributed by atoms with E-state index in [9.17, 15) is 13.6 Å². The number of hydrogen-bond donors (Lipinski definition) is 0. The molecule has 3 aromatic rings. The molecule has 0 saturated heterocycles. The van der Waals surface area contributed by atoms with Crippen LogP contribution in [0, 0.1) is 11.3 Å². The van der Waals surface area contributed by atoms with Gasteiger partial charge in [0.15, 0.2) is 0 Å². The zero-order valence-corrected chi connectivity index (χ0v) is 21.2. The summed E-state index contributed by atoms with van der Waals surface area (Å²) in [4.78, 5) is 22.5. The number of halogens is 2. The van der Waals surface area contributed by atoms with Crippen molar-refractivity contribution in [3.8, 4) is 6.07 Å². The smallest absolute Gasteiger partial charge is 0.370 e. The first kappa shape index (κ1) is 28.4. The van der Waals surface area contributed by atoms with Gasteiger partial charge < -0.3 is 14.3 Å². The molecule has 1 aromatic carbocycles. The summed E-state index contributed by atoms with van der Waals surface area (Å²) in [7, 11) is 3.77. The molecule has 1 aliphatic carbocycles. The second kappa shape index (κ2) is 14.6. The molecule has 2 heterocycles. The third-order valence-corrected chi connectivity index (χ3v) is 5.83. The average Bonchev–Trinajstić information content (AvgIpc) is 2.92. The molecule has 2 aromatic heterocycles. The summed E-state index contributed by atoms with van der Waals surface area (Å²) in [5.41, 5.74) is 3.39. The van der Waals surface area contributed by atoms with Crippen molar-refractivity contribution in [2.45, 2.75) is 58.6 Å². The van der Waals surface area contributed by atoms with Crippen molar-refractivity contribution in [1.82, 2.24) is 9.55 Å². The van der Waals surface area contributed by atoms with Gasteiger partial charge in [0.2, 0.25) is 0 Å². The van der Waals surface area contributed by atoms with Crippen molar-refractivity contribution in [2.24, 2.45) is 12.2 Å². The van der Waals surface area contributed by atoms with Gasteiger partial charge in [0.25, 0.3) is 5.56 Å². The summed E-state index contributed by atoms with van der Waals surface area (Å²) in [6, 6.07) is 16.5. The third-order valence-electron chi connectivity index (χ3n) is 5.83. The minimum absolute atomic E-state index is 0.0448. The molecule has 0 unspecified atom stereocenters. The van der Waals surface area contributed by atoms with Gasteiger partial charge in [-0.2, -0.15) is 14.0 Å². The summed E-state index contributed by atoms with van der Waals surface area (Å²) in [6.07, 6.45) is 7.27. The quantitative estimate of drug-likeness (QED) is 0.326. The monoisotopic (exact) mass is 497 g/mol. The Morgan fingerprint density at radius 1 is 1.17 bits per heavy atom. The molecule has 4 rings (SSSR count). The maximum absolute atomic E-state index is 12.2. The number of anilines is 1. The van der Waals surface area contributed by atoms with E-state index in [4.69, 9.17) is 5.26 Å². The molecular weight excluding hydrogens is 464 g/mol. The summed E-state index contributed by atoms with van der Waals surface area (Å²) in [5, 5.41) is 12.2. The molecule has 0 amide bonds. The Hall–Kier alpha value is -3.80. The van der Waals surface area contributed by atoms with Gasteiger partial charge in [-0.05, 0) is 30.5 Å². The van der Waals surface area contributed by atoms with Crippen LogP contribution in [0.1, 0.15) is 57.2 Å². The Kier molecular flexibility index (Phi) is 11.5. The van der Waals surface area contributed by atoms with Crippen LogP contribution in [0.3, 0.4) is 0 Å². The van der Waals surface area contributed by atoms with E-state index in [0.29, 0.717) is 11.7 Å². The highest BCUT2D eigenvalue weighted by atomic mass is 19.3. The molecule has 9 heteroatoms. The van der Waals surface area contributed by atoms with Crippen LogP contribution in [0.4, 0.5) is 14.5 Å². The topological polar surface area (TPSA) is 83.5 Å². The van der Waals surface area contributed by atoms with Crippen molar-refractivity contribution >= 4 is 22.9 Å². The second-order valence-electron chi connectivity index (χ2n) is 8.02. The SMILES string of the molecule is CC.CN(c1cc(=O)n(C)c2ccc(C#N)nc12)C1CCCCC1.FC(F)O/N=C\c1ccccc1. The molecule has 1 aliphatic rings. The number of aryl methyl sites for hydroxylation is 1. The first-order valence-corrected chi connectivity index (χ1v) is 12.1. The molecule has 0 atom stereocenters. The molecule has 0 N–H and O–H groups in total. The van der Waals surface area contributed by atoms with Gasteiger partial charge >= 0.3 is 6.61 Å². The van der Waals surface area contributed by atoms with Gasteiger partial charge in [-0.15, -0.1) is 0 Å². The molecule has 0 bridgehead atoms. The summed E-state index contributed by atoms with van der Waals surface area (Å²) in [6.45, 7) is 1.14. The van der Waals surface area contributed by atoms with E-state index in [-0.39, 0.29) is 5.56 Å². The summed E-state index contributed by atoms with van der Waals surface area (Å²) < 4.78 is 24.4. The fraction of sp³-hybridized carbons (Fsp3) is 0.407. The lowest BCUT2D eigenvalue weighted by Crippen LogP contribution is -2.34. The molecule has 192 valence electrons. The van der Waals surface area contributed by atoms with E-state index in [1.165, 1.54) is 25.5 Å². The minimum atomic E-state index is -2.86. The number of alkyl halides is 2. The third kappa shape index (κ3) is 7.87. The van der Waals surface area contributed by atoms with Gasteiger partial charge in [0.1, 0.15) is 17.3 Å². The number of rotatable bonds is 5. The molecular formula is C27H33F2N5O2. The number of hydrogen-bond acceptors (Lipinski definition) is 6. The van der Waals surface area contributed by atoms with E-state index in [1.54, 1.807) is 54.1 Å².